The van der Waals surface area contributed by atoms with Gasteiger partial charge in [-0.25, -0.2) is 22.9 Å². The number of hydrogen-bond acceptors (Lipinski definition) is 5. The first-order valence-corrected chi connectivity index (χ1v) is 14.5. The van der Waals surface area contributed by atoms with E-state index in [0.717, 1.165) is 29.9 Å². The van der Waals surface area contributed by atoms with Crippen LogP contribution in [-0.2, 0) is 22.7 Å². The Morgan fingerprint density at radius 2 is 1.64 bits per heavy atom. The summed E-state index contributed by atoms with van der Waals surface area (Å²) < 4.78 is 44.3. The Morgan fingerprint density at radius 1 is 0.979 bits per heavy atom. The van der Waals surface area contributed by atoms with Crippen molar-refractivity contribution in [3.05, 3.63) is 106 Å². The Labute approximate surface area is 270 Å². The van der Waals surface area contributed by atoms with Gasteiger partial charge in [-0.15, -0.1) is 0 Å². The average molecular weight is 657 g/mol. The largest absolute Gasteiger partial charge is 0.465 e. The molecule has 2 aromatic heterocycles. The maximum absolute atomic E-state index is 14.2. The summed E-state index contributed by atoms with van der Waals surface area (Å²) in [6.45, 7) is 2.26. The number of aromatic nitrogens is 3. The van der Waals surface area contributed by atoms with Crippen molar-refractivity contribution in [2.45, 2.75) is 39.3 Å². The van der Waals surface area contributed by atoms with Gasteiger partial charge >= 0.3 is 6.09 Å². The molecule has 0 atom stereocenters. The molecule has 47 heavy (non-hydrogen) atoms. The molecular weight excluding hydrogens is 617 g/mol. The Balaban J connectivity index is 0.000000375. The number of nitrogens with zero attached hydrogens (tertiary/aromatic N) is 5. The van der Waals surface area contributed by atoms with Crippen LogP contribution < -0.4 is 10.9 Å². The molecule has 2 N–H and O–H groups in total. The molecule has 0 spiro atoms. The Hall–Kier alpha value is -5.40. The topological polar surface area (TPSA) is 130 Å². The van der Waals surface area contributed by atoms with Gasteiger partial charge in [-0.3, -0.25) is 14.4 Å². The van der Waals surface area contributed by atoms with Crippen LogP contribution in [0.25, 0.3) is 10.9 Å². The van der Waals surface area contributed by atoms with Gasteiger partial charge in [-0.05, 0) is 42.8 Å². The number of carbonyl (C=O) groups excluding carboxylic acids is 2. The second kappa shape index (κ2) is 18.5. The van der Waals surface area contributed by atoms with Crippen molar-refractivity contribution >= 4 is 35.1 Å². The van der Waals surface area contributed by atoms with Crippen LogP contribution in [0.4, 0.5) is 23.8 Å². The first-order valence-electron chi connectivity index (χ1n) is 14.5. The maximum atomic E-state index is 14.2. The van der Waals surface area contributed by atoms with E-state index in [0.29, 0.717) is 23.0 Å². The molecule has 0 saturated heterocycles. The second-order valence-corrected chi connectivity index (χ2v) is 10.6. The molecule has 2 aromatic carbocycles. The van der Waals surface area contributed by atoms with E-state index in [-0.39, 0.29) is 30.4 Å². The third-order valence-electron chi connectivity index (χ3n) is 6.54. The number of carbonyl (C=O) groups is 3. The van der Waals surface area contributed by atoms with E-state index in [1.165, 1.54) is 55.7 Å². The SMILES string of the molecule is CCCC/C=C/C(=O)N(C)C.CN(C)C(=O)O.O=CNc1nccn(Cc2cc3cc(F)ccc3n2Cc2ccc(F)cc2F)c1=O. The smallest absolute Gasteiger partial charge is 0.406 e. The molecule has 0 bridgehead atoms. The van der Waals surface area contributed by atoms with Crippen LogP contribution in [0.3, 0.4) is 0 Å². The van der Waals surface area contributed by atoms with Crippen molar-refractivity contribution in [2.75, 3.05) is 33.5 Å². The van der Waals surface area contributed by atoms with Crippen LogP contribution >= 0.6 is 0 Å². The molecule has 14 heteroatoms. The van der Waals surface area contributed by atoms with E-state index in [4.69, 9.17) is 5.11 Å². The molecular formula is C33H39F3N6O5. The number of fused-ring (bicyclic) bond motifs is 1. The number of halogens is 3. The number of carboxylic acid groups (broad SMARTS) is 1. The van der Waals surface area contributed by atoms with E-state index in [2.05, 4.69) is 17.2 Å². The van der Waals surface area contributed by atoms with E-state index < -0.39 is 29.1 Å². The summed E-state index contributed by atoms with van der Waals surface area (Å²) in [5.41, 5.74) is 0.929. The number of amides is 3. The number of rotatable bonds is 10. The Kier molecular flexibility index (Phi) is 14.9. The highest BCUT2D eigenvalue weighted by Crippen LogP contribution is 2.24. The fourth-order valence-corrected chi connectivity index (χ4v) is 3.99. The first-order chi connectivity index (χ1) is 22.3. The minimum absolute atomic E-state index is 0.0514. The molecule has 0 radical (unpaired) electrons. The zero-order valence-corrected chi connectivity index (χ0v) is 26.9. The summed E-state index contributed by atoms with van der Waals surface area (Å²) in [4.78, 5) is 50.2. The summed E-state index contributed by atoms with van der Waals surface area (Å²) in [6, 6.07) is 9.18. The number of likely N-dealkylation sites (N-methyl/N-ethyl adjacent to an activating group) is 1. The highest BCUT2D eigenvalue weighted by atomic mass is 19.1. The van der Waals surface area contributed by atoms with Crippen LogP contribution in [0.15, 0.2) is 71.8 Å². The third kappa shape index (κ3) is 11.8. The highest BCUT2D eigenvalue weighted by molar-refractivity contribution is 5.87. The fraction of sp³-hybridized carbons (Fsp3) is 0.303. The summed E-state index contributed by atoms with van der Waals surface area (Å²) in [5, 5.41) is 10.7. The standard InChI is InChI=1S/C21H15F3N4O2.C9H17NO.C3H7NO2/c22-15-3-4-19-14(7-15)8-17(11-27-6-5-25-20(21(27)30)26-12-29)28(19)10-13-1-2-16(23)9-18(13)24;1-4-5-6-7-8-9(11)10(2)3;1-4(2)3(5)6/h1-9,12H,10-11H2,(H,25,26,29);7-8H,4-6H2,1-3H3;1-2H3,(H,5,6)/b;8-7+;. The lowest BCUT2D eigenvalue weighted by atomic mass is 10.2. The quantitative estimate of drug-likeness (QED) is 0.135. The molecule has 3 amide bonds. The second-order valence-electron chi connectivity index (χ2n) is 10.6. The van der Waals surface area contributed by atoms with Crippen LogP contribution in [-0.4, -0.2) is 75.6 Å². The van der Waals surface area contributed by atoms with Gasteiger partial charge in [0, 0.05) is 68.8 Å². The van der Waals surface area contributed by atoms with Gasteiger partial charge in [0.25, 0.3) is 5.56 Å². The lowest BCUT2D eigenvalue weighted by Crippen LogP contribution is -2.25. The molecule has 0 aliphatic carbocycles. The molecule has 11 nitrogen and oxygen atoms in total. The van der Waals surface area contributed by atoms with Gasteiger partial charge < -0.3 is 29.4 Å². The summed E-state index contributed by atoms with van der Waals surface area (Å²) in [5.74, 6) is -1.89. The highest BCUT2D eigenvalue weighted by Gasteiger charge is 2.14. The van der Waals surface area contributed by atoms with Crippen molar-refractivity contribution < 1.29 is 32.7 Å². The van der Waals surface area contributed by atoms with Crippen LogP contribution in [0.5, 0.6) is 0 Å². The normalized spacial score (nSPS) is 10.5. The molecule has 0 aliphatic heterocycles. The monoisotopic (exact) mass is 656 g/mol. The lowest BCUT2D eigenvalue weighted by Gasteiger charge is -2.13. The maximum Gasteiger partial charge on any atom is 0.406 e. The van der Waals surface area contributed by atoms with Crippen molar-refractivity contribution in [3.63, 3.8) is 0 Å². The molecule has 4 rings (SSSR count). The molecule has 0 saturated carbocycles. The predicted octanol–water partition coefficient (Wildman–Crippen LogP) is 5.33. The third-order valence-corrected chi connectivity index (χ3v) is 6.54. The van der Waals surface area contributed by atoms with Gasteiger partial charge in [-0.2, -0.15) is 0 Å². The summed E-state index contributed by atoms with van der Waals surface area (Å²) in [6.07, 6.45) is 9.18. The minimum Gasteiger partial charge on any atom is -0.465 e. The van der Waals surface area contributed by atoms with Crippen LogP contribution in [0.2, 0.25) is 0 Å². The number of hydrogen-bond donors (Lipinski definition) is 2. The van der Waals surface area contributed by atoms with Crippen molar-refractivity contribution in [3.8, 4) is 0 Å². The lowest BCUT2D eigenvalue weighted by molar-refractivity contribution is -0.123. The molecule has 0 fully saturated rings. The molecule has 2 heterocycles. The minimum atomic E-state index is -0.907. The van der Waals surface area contributed by atoms with Crippen molar-refractivity contribution in [1.82, 2.24) is 23.9 Å². The number of allylic oxidation sites excluding steroid dienone is 1. The number of benzene rings is 2. The number of anilines is 1. The van der Waals surface area contributed by atoms with Gasteiger partial charge in [0.05, 0.1) is 13.1 Å². The zero-order chi connectivity index (χ0) is 35.1. The molecule has 0 unspecified atom stereocenters. The van der Waals surface area contributed by atoms with Gasteiger partial charge in [0.2, 0.25) is 12.3 Å². The summed E-state index contributed by atoms with van der Waals surface area (Å²) >= 11 is 0. The van der Waals surface area contributed by atoms with Gasteiger partial charge in [0.15, 0.2) is 5.82 Å². The van der Waals surface area contributed by atoms with E-state index in [1.807, 2.05) is 6.08 Å². The molecule has 252 valence electrons. The van der Waals surface area contributed by atoms with Crippen molar-refractivity contribution in [1.29, 1.82) is 0 Å². The fourth-order valence-electron chi connectivity index (χ4n) is 3.99. The van der Waals surface area contributed by atoms with Crippen LogP contribution in [0, 0.1) is 17.5 Å². The first kappa shape index (κ1) is 37.8. The Bertz CT molecular complexity index is 1750. The van der Waals surface area contributed by atoms with Gasteiger partial charge in [0.1, 0.15) is 17.5 Å². The van der Waals surface area contributed by atoms with E-state index in [9.17, 15) is 32.3 Å². The predicted molar refractivity (Wildman–Crippen MR) is 174 cm³/mol. The van der Waals surface area contributed by atoms with Gasteiger partial charge in [-0.1, -0.05) is 31.9 Å². The molecule has 0 aliphatic rings. The van der Waals surface area contributed by atoms with Crippen LogP contribution in [0.1, 0.15) is 37.4 Å². The average Bonchev–Trinajstić information content (AvgIpc) is 3.34. The summed E-state index contributed by atoms with van der Waals surface area (Å²) in [7, 11) is 6.46. The van der Waals surface area contributed by atoms with E-state index in [1.54, 1.807) is 41.8 Å². The molecule has 4 aromatic rings. The zero-order valence-electron chi connectivity index (χ0n) is 26.9. The van der Waals surface area contributed by atoms with E-state index >= 15 is 0 Å². The van der Waals surface area contributed by atoms with Crippen molar-refractivity contribution in [2.24, 2.45) is 0 Å². The Morgan fingerprint density at radius 3 is 2.23 bits per heavy atom. The number of nitrogens with one attached hydrogen (secondary N) is 1. The number of unbranched alkanes of at least 4 members (excludes halogenated alkanes) is 2.